The molecule has 0 spiro atoms. The normalized spacial score (nSPS) is 17.7. The first-order valence-electron chi connectivity index (χ1n) is 7.80. The van der Waals surface area contributed by atoms with Gasteiger partial charge in [0.2, 0.25) is 0 Å². The van der Waals surface area contributed by atoms with E-state index in [-0.39, 0.29) is 0 Å². The van der Waals surface area contributed by atoms with E-state index in [1.165, 1.54) is 62.6 Å². The molecule has 0 saturated carbocycles. The zero-order chi connectivity index (χ0) is 13.5. The van der Waals surface area contributed by atoms with Gasteiger partial charge in [-0.2, -0.15) is 0 Å². The van der Waals surface area contributed by atoms with Crippen molar-refractivity contribution in [3.8, 4) is 0 Å². The van der Waals surface area contributed by atoms with Gasteiger partial charge in [-0.15, -0.1) is 0 Å². The molecule has 0 aliphatic heterocycles. The van der Waals surface area contributed by atoms with Gasteiger partial charge in [-0.25, -0.2) is 0 Å². The molecule has 1 aliphatic carbocycles. The molecule has 2 heteroatoms. The first kappa shape index (κ1) is 14.9. The number of fused-ring (bicyclic) bond motifs is 1. The molecule has 1 aromatic rings. The van der Waals surface area contributed by atoms with Crippen molar-refractivity contribution in [1.82, 2.24) is 5.32 Å². The third kappa shape index (κ3) is 4.81. The molecule has 0 heterocycles. The Balaban J connectivity index is 1.59. The molecule has 2 rings (SSSR count). The SMILES string of the molecule is CCCCCCCCNC1Cc2ccc(Cl)cc2C1. The maximum atomic E-state index is 6.04. The molecule has 0 fully saturated rings. The van der Waals surface area contributed by atoms with Gasteiger partial charge < -0.3 is 5.32 Å². The van der Waals surface area contributed by atoms with Crippen molar-refractivity contribution in [3.05, 3.63) is 34.3 Å². The Labute approximate surface area is 122 Å². The monoisotopic (exact) mass is 279 g/mol. The van der Waals surface area contributed by atoms with E-state index in [0.29, 0.717) is 6.04 Å². The van der Waals surface area contributed by atoms with Crippen molar-refractivity contribution in [1.29, 1.82) is 0 Å². The van der Waals surface area contributed by atoms with E-state index in [0.717, 1.165) is 11.4 Å². The standard InChI is InChI=1S/C17H26ClN/c1-2-3-4-5-6-7-10-19-17-12-14-8-9-16(18)11-15(14)13-17/h8-9,11,17,19H,2-7,10,12-13H2,1H3. The Kier molecular flexibility index (Phi) is 6.19. The Morgan fingerprint density at radius 2 is 1.79 bits per heavy atom. The van der Waals surface area contributed by atoms with Crippen molar-refractivity contribution >= 4 is 11.6 Å². The predicted octanol–water partition coefficient (Wildman–Crippen LogP) is 4.76. The van der Waals surface area contributed by atoms with Crippen molar-refractivity contribution in [2.75, 3.05) is 6.54 Å². The van der Waals surface area contributed by atoms with Gasteiger partial charge in [0.1, 0.15) is 0 Å². The molecule has 0 bridgehead atoms. The van der Waals surface area contributed by atoms with Gasteiger partial charge in [-0.1, -0.05) is 56.7 Å². The van der Waals surface area contributed by atoms with Crippen LogP contribution in [0.1, 0.15) is 56.6 Å². The van der Waals surface area contributed by atoms with Crippen LogP contribution in [0.25, 0.3) is 0 Å². The molecule has 1 aliphatic rings. The van der Waals surface area contributed by atoms with Gasteiger partial charge in [-0.3, -0.25) is 0 Å². The van der Waals surface area contributed by atoms with Crippen LogP contribution in [-0.4, -0.2) is 12.6 Å². The van der Waals surface area contributed by atoms with E-state index in [1.54, 1.807) is 0 Å². The second-order valence-electron chi connectivity index (χ2n) is 5.74. The van der Waals surface area contributed by atoms with E-state index in [9.17, 15) is 0 Å². The van der Waals surface area contributed by atoms with Gasteiger partial charge in [0.25, 0.3) is 0 Å². The highest BCUT2D eigenvalue weighted by molar-refractivity contribution is 6.30. The zero-order valence-corrected chi connectivity index (χ0v) is 12.8. The molecule has 1 unspecified atom stereocenters. The zero-order valence-electron chi connectivity index (χ0n) is 12.1. The minimum absolute atomic E-state index is 0.629. The molecule has 1 nitrogen and oxygen atoms in total. The molecule has 1 atom stereocenters. The van der Waals surface area contributed by atoms with Crippen LogP contribution in [0, 0.1) is 0 Å². The molecule has 106 valence electrons. The molecule has 0 radical (unpaired) electrons. The number of unbranched alkanes of at least 4 members (excludes halogenated alkanes) is 5. The van der Waals surface area contributed by atoms with Crippen molar-refractivity contribution < 1.29 is 0 Å². The molecule has 19 heavy (non-hydrogen) atoms. The van der Waals surface area contributed by atoms with E-state index < -0.39 is 0 Å². The van der Waals surface area contributed by atoms with E-state index in [2.05, 4.69) is 24.4 Å². The highest BCUT2D eigenvalue weighted by Crippen LogP contribution is 2.25. The minimum atomic E-state index is 0.629. The van der Waals surface area contributed by atoms with Crippen LogP contribution >= 0.6 is 11.6 Å². The highest BCUT2D eigenvalue weighted by atomic mass is 35.5. The van der Waals surface area contributed by atoms with Crippen molar-refractivity contribution in [2.45, 2.75) is 64.3 Å². The lowest BCUT2D eigenvalue weighted by molar-refractivity contribution is 0.503. The molecule has 0 saturated heterocycles. The van der Waals surface area contributed by atoms with Gasteiger partial charge in [0.05, 0.1) is 0 Å². The number of rotatable bonds is 8. The van der Waals surface area contributed by atoms with Gasteiger partial charge in [-0.05, 0) is 49.1 Å². The summed E-state index contributed by atoms with van der Waals surface area (Å²) in [6.07, 6.45) is 10.5. The average Bonchev–Trinajstić information content (AvgIpc) is 2.79. The van der Waals surface area contributed by atoms with E-state index in [1.807, 2.05) is 6.07 Å². The third-order valence-electron chi connectivity index (χ3n) is 4.06. The van der Waals surface area contributed by atoms with Crippen LogP contribution in [0.2, 0.25) is 5.02 Å². The summed E-state index contributed by atoms with van der Waals surface area (Å²) < 4.78 is 0. The maximum absolute atomic E-state index is 6.04. The van der Waals surface area contributed by atoms with Gasteiger partial charge >= 0.3 is 0 Å². The number of halogens is 1. The summed E-state index contributed by atoms with van der Waals surface area (Å²) in [6, 6.07) is 6.95. The molecular weight excluding hydrogens is 254 g/mol. The fraction of sp³-hybridized carbons (Fsp3) is 0.647. The fourth-order valence-electron chi connectivity index (χ4n) is 2.94. The second kappa shape index (κ2) is 7.91. The Hall–Kier alpha value is -0.530. The highest BCUT2D eigenvalue weighted by Gasteiger charge is 2.20. The fourth-order valence-corrected chi connectivity index (χ4v) is 3.14. The number of nitrogens with one attached hydrogen (secondary N) is 1. The summed E-state index contributed by atoms with van der Waals surface area (Å²) in [6.45, 7) is 3.43. The summed E-state index contributed by atoms with van der Waals surface area (Å²) in [4.78, 5) is 0. The topological polar surface area (TPSA) is 12.0 Å². The largest absolute Gasteiger partial charge is 0.313 e. The third-order valence-corrected chi connectivity index (χ3v) is 4.30. The van der Waals surface area contributed by atoms with E-state index >= 15 is 0 Å². The quantitative estimate of drug-likeness (QED) is 0.677. The lowest BCUT2D eigenvalue weighted by Crippen LogP contribution is -2.30. The van der Waals surface area contributed by atoms with Gasteiger partial charge in [0.15, 0.2) is 0 Å². The summed E-state index contributed by atoms with van der Waals surface area (Å²) in [5.74, 6) is 0. The number of benzene rings is 1. The summed E-state index contributed by atoms with van der Waals surface area (Å²) in [7, 11) is 0. The number of hydrogen-bond donors (Lipinski definition) is 1. The molecule has 0 amide bonds. The smallest absolute Gasteiger partial charge is 0.0408 e. The lowest BCUT2D eigenvalue weighted by atomic mass is 10.1. The maximum Gasteiger partial charge on any atom is 0.0408 e. The Bertz CT molecular complexity index is 389. The van der Waals surface area contributed by atoms with Crippen LogP contribution in [0.5, 0.6) is 0 Å². The van der Waals surface area contributed by atoms with Crippen LogP contribution in [0.3, 0.4) is 0 Å². The predicted molar refractivity (Wildman–Crippen MR) is 84.0 cm³/mol. The molecular formula is C17H26ClN. The van der Waals surface area contributed by atoms with Crippen LogP contribution in [-0.2, 0) is 12.8 Å². The van der Waals surface area contributed by atoms with Crippen molar-refractivity contribution in [2.24, 2.45) is 0 Å². The minimum Gasteiger partial charge on any atom is -0.313 e. The number of hydrogen-bond acceptors (Lipinski definition) is 1. The molecule has 0 aromatic heterocycles. The Morgan fingerprint density at radius 3 is 2.63 bits per heavy atom. The first-order chi connectivity index (χ1) is 9.29. The molecule has 1 N–H and O–H groups in total. The van der Waals surface area contributed by atoms with Crippen LogP contribution < -0.4 is 5.32 Å². The lowest BCUT2D eigenvalue weighted by Gasteiger charge is -2.11. The van der Waals surface area contributed by atoms with Gasteiger partial charge in [0, 0.05) is 11.1 Å². The summed E-state index contributed by atoms with van der Waals surface area (Å²) in [5, 5.41) is 4.57. The average molecular weight is 280 g/mol. The summed E-state index contributed by atoms with van der Waals surface area (Å²) >= 11 is 6.04. The second-order valence-corrected chi connectivity index (χ2v) is 6.18. The van der Waals surface area contributed by atoms with Crippen LogP contribution in [0.4, 0.5) is 0 Å². The Morgan fingerprint density at radius 1 is 1.05 bits per heavy atom. The molecule has 1 aromatic carbocycles. The van der Waals surface area contributed by atoms with Crippen molar-refractivity contribution in [3.63, 3.8) is 0 Å². The van der Waals surface area contributed by atoms with E-state index in [4.69, 9.17) is 11.6 Å². The van der Waals surface area contributed by atoms with Crippen LogP contribution in [0.15, 0.2) is 18.2 Å². The first-order valence-corrected chi connectivity index (χ1v) is 8.18. The summed E-state index contributed by atoms with van der Waals surface area (Å²) in [5.41, 5.74) is 2.91.